The molecule has 0 unspecified atom stereocenters. The van der Waals surface area contributed by atoms with Crippen LogP contribution in [0.15, 0.2) is 30.3 Å². The molecule has 24 heavy (non-hydrogen) atoms. The summed E-state index contributed by atoms with van der Waals surface area (Å²) in [5.41, 5.74) is 0.841. The molecule has 3 rings (SSSR count). The van der Waals surface area contributed by atoms with Gasteiger partial charge in [0.05, 0.1) is 5.92 Å². The highest BCUT2D eigenvalue weighted by Gasteiger charge is 2.26. The van der Waals surface area contributed by atoms with Crippen LogP contribution in [0.25, 0.3) is 0 Å². The topological polar surface area (TPSA) is 78.4 Å². The van der Waals surface area contributed by atoms with Crippen molar-refractivity contribution in [3.05, 3.63) is 41.2 Å². The Labute approximate surface area is 145 Å². The van der Waals surface area contributed by atoms with Crippen LogP contribution in [-0.4, -0.2) is 34.1 Å². The molecule has 0 radical (unpaired) electrons. The van der Waals surface area contributed by atoms with Crippen molar-refractivity contribution in [3.63, 3.8) is 0 Å². The summed E-state index contributed by atoms with van der Waals surface area (Å²) in [7, 11) is 0. The average Bonchev–Trinajstić information content (AvgIpc) is 2.54. The van der Waals surface area contributed by atoms with Gasteiger partial charge in [-0.25, -0.2) is 9.97 Å². The van der Waals surface area contributed by atoms with Crippen LogP contribution in [0.5, 0.6) is 0 Å². The van der Waals surface area contributed by atoms with Crippen LogP contribution >= 0.6 is 11.6 Å². The molecule has 126 valence electrons. The summed E-state index contributed by atoms with van der Waals surface area (Å²) in [6.07, 6.45) is 1.56. The number of aromatic nitrogens is 2. The van der Waals surface area contributed by atoms with Gasteiger partial charge in [0.25, 0.3) is 0 Å². The van der Waals surface area contributed by atoms with Gasteiger partial charge in [-0.1, -0.05) is 17.7 Å². The van der Waals surface area contributed by atoms with Gasteiger partial charge < -0.3 is 15.3 Å². The highest BCUT2D eigenvalue weighted by Crippen LogP contribution is 2.25. The van der Waals surface area contributed by atoms with Crippen molar-refractivity contribution in [1.29, 1.82) is 0 Å². The third kappa shape index (κ3) is 3.94. The summed E-state index contributed by atoms with van der Waals surface area (Å²) in [5, 5.41) is 13.1. The summed E-state index contributed by atoms with van der Waals surface area (Å²) < 4.78 is 0. The maximum atomic E-state index is 11.3. The minimum atomic E-state index is -0.747. The van der Waals surface area contributed by atoms with E-state index in [1.54, 1.807) is 0 Å². The first-order valence-electron chi connectivity index (χ1n) is 7.87. The van der Waals surface area contributed by atoms with E-state index in [2.05, 4.69) is 15.3 Å². The number of rotatable bonds is 4. The van der Waals surface area contributed by atoms with Gasteiger partial charge in [0.2, 0.25) is 0 Å². The van der Waals surface area contributed by atoms with Crippen LogP contribution in [0.4, 0.5) is 17.3 Å². The zero-order chi connectivity index (χ0) is 17.1. The van der Waals surface area contributed by atoms with Gasteiger partial charge in [-0.15, -0.1) is 0 Å². The van der Waals surface area contributed by atoms with Gasteiger partial charge in [-0.05, 0) is 38.0 Å². The van der Waals surface area contributed by atoms with E-state index < -0.39 is 5.97 Å². The number of carboxylic acid groups (broad SMARTS) is 1. The Balaban J connectivity index is 1.82. The largest absolute Gasteiger partial charge is 0.481 e. The molecule has 2 aromatic rings. The Morgan fingerprint density at radius 2 is 2.21 bits per heavy atom. The number of anilines is 3. The number of nitrogens with one attached hydrogen (secondary N) is 1. The van der Waals surface area contributed by atoms with Gasteiger partial charge in [0.1, 0.15) is 17.5 Å². The van der Waals surface area contributed by atoms with Crippen molar-refractivity contribution in [2.45, 2.75) is 19.8 Å². The number of aliphatic carboxylic acids is 1. The molecule has 6 nitrogen and oxygen atoms in total. The normalized spacial score (nSPS) is 17.6. The molecule has 1 atom stereocenters. The highest BCUT2D eigenvalue weighted by atomic mass is 35.5. The SMILES string of the molecule is Cc1nc(Nc2cccc(Cl)c2)cc(N2CCC[C@H](C(=O)O)C2)n1. The molecule has 1 aromatic heterocycles. The minimum Gasteiger partial charge on any atom is -0.481 e. The second-order valence-electron chi connectivity index (χ2n) is 5.92. The molecule has 0 amide bonds. The number of benzene rings is 1. The van der Waals surface area contributed by atoms with Crippen molar-refractivity contribution >= 4 is 34.9 Å². The summed E-state index contributed by atoms with van der Waals surface area (Å²) in [4.78, 5) is 22.1. The number of nitrogens with zero attached hydrogens (tertiary/aromatic N) is 3. The van der Waals surface area contributed by atoms with E-state index in [0.717, 1.165) is 24.5 Å². The molecule has 1 aliphatic rings. The highest BCUT2D eigenvalue weighted by molar-refractivity contribution is 6.30. The van der Waals surface area contributed by atoms with E-state index in [1.807, 2.05) is 42.2 Å². The van der Waals surface area contributed by atoms with Crippen LogP contribution in [0.3, 0.4) is 0 Å². The van der Waals surface area contributed by atoms with Crippen molar-refractivity contribution in [1.82, 2.24) is 9.97 Å². The van der Waals surface area contributed by atoms with E-state index in [9.17, 15) is 9.90 Å². The van der Waals surface area contributed by atoms with Crippen LogP contribution in [0.2, 0.25) is 5.02 Å². The van der Waals surface area contributed by atoms with E-state index in [4.69, 9.17) is 11.6 Å². The van der Waals surface area contributed by atoms with Gasteiger partial charge in [-0.2, -0.15) is 0 Å². The van der Waals surface area contributed by atoms with Crippen LogP contribution < -0.4 is 10.2 Å². The molecule has 0 bridgehead atoms. The first-order chi connectivity index (χ1) is 11.5. The van der Waals surface area contributed by atoms with Gasteiger partial charge >= 0.3 is 5.97 Å². The fraction of sp³-hybridized carbons (Fsp3) is 0.353. The number of hydrogen-bond acceptors (Lipinski definition) is 5. The zero-order valence-corrected chi connectivity index (χ0v) is 14.1. The molecule has 1 saturated heterocycles. The lowest BCUT2D eigenvalue weighted by molar-refractivity contribution is -0.141. The third-order valence-corrected chi connectivity index (χ3v) is 4.25. The Morgan fingerprint density at radius 1 is 1.38 bits per heavy atom. The number of carboxylic acids is 1. The Morgan fingerprint density at radius 3 is 2.96 bits per heavy atom. The number of hydrogen-bond donors (Lipinski definition) is 2. The van der Waals surface area contributed by atoms with Crippen LogP contribution in [0.1, 0.15) is 18.7 Å². The average molecular weight is 347 g/mol. The maximum Gasteiger partial charge on any atom is 0.308 e. The number of aryl methyl sites for hydroxylation is 1. The maximum absolute atomic E-state index is 11.3. The minimum absolute atomic E-state index is 0.349. The van der Waals surface area contributed by atoms with Crippen molar-refractivity contribution < 1.29 is 9.90 Å². The molecular weight excluding hydrogens is 328 g/mol. The standard InChI is InChI=1S/C17H19ClN4O2/c1-11-19-15(21-14-6-2-5-13(18)8-14)9-16(20-11)22-7-3-4-12(10-22)17(23)24/h2,5-6,8-9,12H,3-4,7,10H2,1H3,(H,23,24)(H,19,20,21)/t12-/m0/s1. The molecule has 1 aliphatic heterocycles. The summed E-state index contributed by atoms with van der Waals surface area (Å²) >= 11 is 6.00. The van der Waals surface area contributed by atoms with Crippen LogP contribution in [-0.2, 0) is 4.79 Å². The third-order valence-electron chi connectivity index (χ3n) is 4.02. The Kier molecular flexibility index (Phi) is 4.85. The molecule has 0 spiro atoms. The van der Waals surface area contributed by atoms with E-state index in [-0.39, 0.29) is 5.92 Å². The lowest BCUT2D eigenvalue weighted by Crippen LogP contribution is -2.39. The second-order valence-corrected chi connectivity index (χ2v) is 6.35. The fourth-order valence-corrected chi connectivity index (χ4v) is 3.07. The number of carbonyl (C=O) groups is 1. The van der Waals surface area contributed by atoms with Gasteiger partial charge in [0, 0.05) is 29.9 Å². The van der Waals surface area contributed by atoms with E-state index >= 15 is 0 Å². The molecule has 1 fully saturated rings. The van der Waals surface area contributed by atoms with Crippen molar-refractivity contribution in [2.75, 3.05) is 23.3 Å². The molecule has 1 aromatic carbocycles. The van der Waals surface area contributed by atoms with Crippen molar-refractivity contribution in [3.8, 4) is 0 Å². The number of halogens is 1. The Hall–Kier alpha value is -2.34. The smallest absolute Gasteiger partial charge is 0.308 e. The van der Waals surface area contributed by atoms with Crippen molar-refractivity contribution in [2.24, 2.45) is 5.92 Å². The lowest BCUT2D eigenvalue weighted by atomic mass is 9.98. The zero-order valence-electron chi connectivity index (χ0n) is 13.4. The molecule has 0 aliphatic carbocycles. The molecule has 2 heterocycles. The fourth-order valence-electron chi connectivity index (χ4n) is 2.88. The van der Waals surface area contributed by atoms with E-state index in [0.29, 0.717) is 29.6 Å². The van der Waals surface area contributed by atoms with Crippen LogP contribution in [0, 0.1) is 12.8 Å². The predicted octanol–water partition coefficient (Wildman–Crippen LogP) is 3.48. The molecule has 2 N–H and O–H groups in total. The number of piperidine rings is 1. The lowest BCUT2D eigenvalue weighted by Gasteiger charge is -2.31. The predicted molar refractivity (Wildman–Crippen MR) is 94.1 cm³/mol. The second kappa shape index (κ2) is 7.05. The molecular formula is C17H19ClN4O2. The quantitative estimate of drug-likeness (QED) is 0.882. The summed E-state index contributed by atoms with van der Waals surface area (Å²) in [5.74, 6) is 0.950. The molecule has 7 heteroatoms. The summed E-state index contributed by atoms with van der Waals surface area (Å²) in [6.45, 7) is 3.10. The van der Waals surface area contributed by atoms with E-state index in [1.165, 1.54) is 0 Å². The monoisotopic (exact) mass is 346 g/mol. The molecule has 0 saturated carbocycles. The Bertz CT molecular complexity index is 753. The summed E-state index contributed by atoms with van der Waals surface area (Å²) in [6, 6.07) is 9.24. The first-order valence-corrected chi connectivity index (χ1v) is 8.25. The van der Waals surface area contributed by atoms with Gasteiger partial charge in [0.15, 0.2) is 0 Å². The van der Waals surface area contributed by atoms with Gasteiger partial charge in [-0.3, -0.25) is 4.79 Å². The first kappa shape index (κ1) is 16.5.